The highest BCUT2D eigenvalue weighted by Crippen LogP contribution is 2.40. The summed E-state index contributed by atoms with van der Waals surface area (Å²) in [6, 6.07) is 0. The predicted octanol–water partition coefficient (Wildman–Crippen LogP) is 2.28. The van der Waals surface area contributed by atoms with Crippen molar-refractivity contribution in [1.29, 1.82) is 0 Å². The molecule has 2 N–H and O–H groups in total. The summed E-state index contributed by atoms with van der Waals surface area (Å²) in [5, 5.41) is 20.1. The molecule has 0 saturated carbocycles. The van der Waals surface area contributed by atoms with Crippen molar-refractivity contribution in [3.05, 3.63) is 0 Å². The van der Waals surface area contributed by atoms with E-state index in [-0.39, 0.29) is 15.1 Å². The lowest BCUT2D eigenvalue weighted by Gasteiger charge is -2.46. The summed E-state index contributed by atoms with van der Waals surface area (Å²) in [5.74, 6) is 0. The van der Waals surface area contributed by atoms with E-state index in [1.54, 1.807) is 6.92 Å². The molecule has 0 spiro atoms. The number of alkyl halides is 1. The second-order valence-electron chi connectivity index (χ2n) is 6.51. The molecule has 1 rings (SSSR count). The van der Waals surface area contributed by atoms with Gasteiger partial charge in [0, 0.05) is 0 Å². The van der Waals surface area contributed by atoms with E-state index in [1.165, 1.54) is 0 Å². The summed E-state index contributed by atoms with van der Waals surface area (Å²) in [4.78, 5) is 0. The van der Waals surface area contributed by atoms with Crippen LogP contribution in [0.15, 0.2) is 0 Å². The van der Waals surface area contributed by atoms with Crippen LogP contribution in [0, 0.1) is 0 Å². The number of ether oxygens (including phenoxy) is 1. The maximum atomic E-state index is 10.2. The van der Waals surface area contributed by atoms with E-state index < -0.39 is 26.8 Å². The van der Waals surface area contributed by atoms with Crippen LogP contribution in [0.3, 0.4) is 0 Å². The zero-order valence-electron chi connectivity index (χ0n) is 12.0. The molecule has 1 saturated heterocycles. The molecule has 1 aliphatic rings. The molecular weight excluding hydrogens is 363 g/mol. The van der Waals surface area contributed by atoms with E-state index in [1.807, 2.05) is 0 Å². The number of halogens is 1. The molecule has 0 radical (unpaired) electrons. The van der Waals surface area contributed by atoms with Gasteiger partial charge in [-0.25, -0.2) is 0 Å². The fraction of sp³-hybridized carbons (Fsp3) is 1.00. The van der Waals surface area contributed by atoms with E-state index in [0.29, 0.717) is 0 Å². The maximum Gasteiger partial charge on any atom is 0.192 e. The van der Waals surface area contributed by atoms with Gasteiger partial charge in [-0.15, -0.1) is 0 Å². The van der Waals surface area contributed by atoms with Gasteiger partial charge < -0.3 is 19.4 Å². The molecule has 6 heteroatoms. The highest BCUT2D eigenvalue weighted by atomic mass is 127. The fourth-order valence-corrected chi connectivity index (χ4v) is 3.98. The molecule has 0 unspecified atom stereocenters. The van der Waals surface area contributed by atoms with Crippen LogP contribution in [0.5, 0.6) is 0 Å². The number of aliphatic hydroxyl groups is 2. The summed E-state index contributed by atoms with van der Waals surface area (Å²) in [5.41, 5.74) is 0. The van der Waals surface area contributed by atoms with Crippen LogP contribution in [0.2, 0.25) is 18.1 Å². The van der Waals surface area contributed by atoms with Crippen molar-refractivity contribution in [2.45, 2.75) is 74.4 Å². The number of rotatable bonds is 2. The fourth-order valence-electron chi connectivity index (χ4n) is 1.64. The van der Waals surface area contributed by atoms with Gasteiger partial charge in [-0.2, -0.15) is 0 Å². The standard InChI is InChI=1S/C12H25IO4Si/c1-7-9(14)10(8(13)11(15)16-7)17-18(5,6)12(2,3)4/h7-11,14-15H,1-6H3/t7-,8-,9-,10-,11-/m0/s1. The largest absolute Gasteiger partial charge is 0.410 e. The van der Waals surface area contributed by atoms with Gasteiger partial charge in [0.25, 0.3) is 0 Å². The Labute approximate surface area is 124 Å². The Balaban J connectivity index is 2.87. The Morgan fingerprint density at radius 2 is 1.72 bits per heavy atom. The molecule has 18 heavy (non-hydrogen) atoms. The van der Waals surface area contributed by atoms with Crippen molar-refractivity contribution >= 4 is 30.9 Å². The van der Waals surface area contributed by atoms with Crippen LogP contribution in [0.25, 0.3) is 0 Å². The first-order chi connectivity index (χ1) is 7.97. The highest BCUT2D eigenvalue weighted by Gasteiger charge is 2.47. The second-order valence-corrected chi connectivity index (χ2v) is 12.7. The first-order valence-electron chi connectivity index (χ1n) is 6.31. The Morgan fingerprint density at radius 1 is 1.22 bits per heavy atom. The normalized spacial score (nSPS) is 38.8. The van der Waals surface area contributed by atoms with Gasteiger partial charge in [-0.05, 0) is 25.1 Å². The van der Waals surface area contributed by atoms with Crippen LogP contribution in [-0.2, 0) is 9.16 Å². The molecule has 1 aliphatic heterocycles. The monoisotopic (exact) mass is 388 g/mol. The van der Waals surface area contributed by atoms with Crippen LogP contribution in [0.1, 0.15) is 27.7 Å². The zero-order valence-corrected chi connectivity index (χ0v) is 15.1. The van der Waals surface area contributed by atoms with Gasteiger partial charge in [0.05, 0.1) is 16.1 Å². The summed E-state index contributed by atoms with van der Waals surface area (Å²) < 4.78 is 11.3. The number of hydrogen-bond donors (Lipinski definition) is 2. The van der Waals surface area contributed by atoms with E-state index in [2.05, 4.69) is 56.5 Å². The van der Waals surface area contributed by atoms with Crippen molar-refractivity contribution in [3.8, 4) is 0 Å². The molecule has 0 aromatic rings. The molecule has 0 aromatic carbocycles. The second kappa shape index (κ2) is 5.65. The lowest BCUT2D eigenvalue weighted by molar-refractivity contribution is -0.215. The Bertz CT molecular complexity index is 278. The Hall–Kier alpha value is 0.787. The molecule has 108 valence electrons. The van der Waals surface area contributed by atoms with Crippen LogP contribution in [0.4, 0.5) is 0 Å². The van der Waals surface area contributed by atoms with Gasteiger partial charge >= 0.3 is 0 Å². The Morgan fingerprint density at radius 3 is 2.17 bits per heavy atom. The van der Waals surface area contributed by atoms with Gasteiger partial charge in [0.1, 0.15) is 6.10 Å². The van der Waals surface area contributed by atoms with Gasteiger partial charge in [0.15, 0.2) is 14.6 Å². The van der Waals surface area contributed by atoms with Crippen molar-refractivity contribution in [1.82, 2.24) is 0 Å². The van der Waals surface area contributed by atoms with Crippen molar-refractivity contribution in [3.63, 3.8) is 0 Å². The molecule has 4 nitrogen and oxygen atoms in total. The first kappa shape index (κ1) is 16.8. The van der Waals surface area contributed by atoms with E-state index in [0.717, 1.165) is 0 Å². The van der Waals surface area contributed by atoms with E-state index >= 15 is 0 Å². The third kappa shape index (κ3) is 3.46. The molecule has 5 atom stereocenters. The zero-order chi connectivity index (χ0) is 14.3. The molecule has 0 aromatic heterocycles. The van der Waals surface area contributed by atoms with Crippen LogP contribution < -0.4 is 0 Å². The average molecular weight is 388 g/mol. The Kier molecular flexibility index (Phi) is 5.29. The summed E-state index contributed by atoms with van der Waals surface area (Å²) in [6.45, 7) is 12.5. The van der Waals surface area contributed by atoms with Crippen molar-refractivity contribution in [2.24, 2.45) is 0 Å². The molecule has 0 aliphatic carbocycles. The topological polar surface area (TPSA) is 58.9 Å². The summed E-state index contributed by atoms with van der Waals surface area (Å²) >= 11 is 2.10. The van der Waals surface area contributed by atoms with Gasteiger partial charge in [-0.1, -0.05) is 43.4 Å². The number of hydrogen-bond acceptors (Lipinski definition) is 4. The SMILES string of the molecule is C[C@@H]1O[C@H](O)[C@@H](I)[C@H](O[Si](C)(C)C(C)(C)C)[C@H]1O. The highest BCUT2D eigenvalue weighted by molar-refractivity contribution is 14.1. The average Bonchev–Trinajstić information content (AvgIpc) is 2.20. The molecule has 0 amide bonds. The van der Waals surface area contributed by atoms with Crippen LogP contribution in [-0.4, -0.2) is 47.1 Å². The maximum absolute atomic E-state index is 10.2. The minimum absolute atomic E-state index is 0.0789. The van der Waals surface area contributed by atoms with Gasteiger partial charge in [0.2, 0.25) is 0 Å². The lowest BCUT2D eigenvalue weighted by Crippen LogP contribution is -2.59. The third-order valence-electron chi connectivity index (χ3n) is 3.99. The summed E-state index contributed by atoms with van der Waals surface area (Å²) in [6.07, 6.45) is -2.34. The smallest absolute Gasteiger partial charge is 0.192 e. The van der Waals surface area contributed by atoms with E-state index in [9.17, 15) is 10.2 Å². The van der Waals surface area contributed by atoms with Gasteiger partial charge in [-0.3, -0.25) is 0 Å². The van der Waals surface area contributed by atoms with Crippen molar-refractivity contribution < 1.29 is 19.4 Å². The third-order valence-corrected chi connectivity index (χ3v) is 9.79. The predicted molar refractivity (Wildman–Crippen MR) is 82.4 cm³/mol. The minimum Gasteiger partial charge on any atom is -0.410 e. The molecular formula is C12H25IO4Si. The van der Waals surface area contributed by atoms with Crippen LogP contribution >= 0.6 is 22.6 Å². The molecule has 1 heterocycles. The molecule has 0 bridgehead atoms. The molecule has 1 fully saturated rings. The minimum atomic E-state index is -1.97. The first-order valence-corrected chi connectivity index (χ1v) is 10.5. The van der Waals surface area contributed by atoms with E-state index in [4.69, 9.17) is 9.16 Å². The summed E-state index contributed by atoms with van der Waals surface area (Å²) in [7, 11) is -1.97. The van der Waals surface area contributed by atoms with Crippen molar-refractivity contribution in [2.75, 3.05) is 0 Å². The quantitative estimate of drug-likeness (QED) is 0.433. The number of aliphatic hydroxyl groups excluding tert-OH is 2. The lowest BCUT2D eigenvalue weighted by atomic mass is 10.0.